The van der Waals surface area contributed by atoms with Crippen molar-refractivity contribution in [3.8, 4) is 6.07 Å². The maximum atomic E-state index is 9.46. The van der Waals surface area contributed by atoms with Gasteiger partial charge in [0, 0.05) is 13.2 Å². The summed E-state index contributed by atoms with van der Waals surface area (Å²) in [6.45, 7) is 0.532. The van der Waals surface area contributed by atoms with Crippen LogP contribution in [0.2, 0.25) is 0 Å². The van der Waals surface area contributed by atoms with E-state index in [0.29, 0.717) is 18.6 Å². The van der Waals surface area contributed by atoms with Gasteiger partial charge in [0.15, 0.2) is 0 Å². The fourth-order valence-electron chi connectivity index (χ4n) is 2.85. The smallest absolute Gasteiger partial charge is 0.133 e. The van der Waals surface area contributed by atoms with Crippen LogP contribution < -0.4 is 5.32 Å². The predicted molar refractivity (Wildman–Crippen MR) is 63.0 cm³/mol. The van der Waals surface area contributed by atoms with E-state index in [-0.39, 0.29) is 0 Å². The van der Waals surface area contributed by atoms with E-state index in [2.05, 4.69) is 11.4 Å². The van der Waals surface area contributed by atoms with Gasteiger partial charge in [-0.05, 0) is 31.6 Å². The SMILES string of the molecule is COCC(C#N)(NC1CCCCC1)C1CC1. The van der Waals surface area contributed by atoms with Crippen molar-refractivity contribution < 1.29 is 4.74 Å². The molecule has 0 amide bonds. The highest BCUT2D eigenvalue weighted by Gasteiger charge is 2.46. The van der Waals surface area contributed by atoms with Crippen LogP contribution in [0.25, 0.3) is 0 Å². The monoisotopic (exact) mass is 222 g/mol. The molecule has 3 nitrogen and oxygen atoms in total. The van der Waals surface area contributed by atoms with Crippen molar-refractivity contribution >= 4 is 0 Å². The Morgan fingerprint density at radius 3 is 2.44 bits per heavy atom. The summed E-state index contributed by atoms with van der Waals surface area (Å²) in [7, 11) is 1.69. The van der Waals surface area contributed by atoms with E-state index in [9.17, 15) is 5.26 Å². The highest BCUT2D eigenvalue weighted by atomic mass is 16.5. The third-order valence-corrected chi connectivity index (χ3v) is 3.91. The summed E-state index contributed by atoms with van der Waals surface area (Å²) in [4.78, 5) is 0. The molecular formula is C13H22N2O. The molecule has 1 atom stereocenters. The van der Waals surface area contributed by atoms with E-state index in [1.807, 2.05) is 0 Å². The Balaban J connectivity index is 1.97. The molecule has 0 aliphatic heterocycles. The third-order valence-electron chi connectivity index (χ3n) is 3.91. The van der Waals surface area contributed by atoms with Crippen LogP contribution in [0.5, 0.6) is 0 Å². The van der Waals surface area contributed by atoms with Crippen LogP contribution in [0.1, 0.15) is 44.9 Å². The fourth-order valence-corrected chi connectivity index (χ4v) is 2.85. The lowest BCUT2D eigenvalue weighted by atomic mass is 9.89. The van der Waals surface area contributed by atoms with E-state index in [1.54, 1.807) is 7.11 Å². The molecule has 0 aromatic carbocycles. The molecule has 2 aliphatic rings. The number of hydrogen-bond donors (Lipinski definition) is 1. The summed E-state index contributed by atoms with van der Waals surface area (Å²) in [5.74, 6) is 0.513. The topological polar surface area (TPSA) is 45.0 Å². The Morgan fingerprint density at radius 1 is 1.25 bits per heavy atom. The van der Waals surface area contributed by atoms with Crippen molar-refractivity contribution in [3.05, 3.63) is 0 Å². The molecule has 2 aliphatic carbocycles. The normalized spacial score (nSPS) is 26.0. The van der Waals surface area contributed by atoms with Gasteiger partial charge in [0.2, 0.25) is 0 Å². The lowest BCUT2D eigenvalue weighted by Crippen LogP contribution is -2.54. The minimum atomic E-state index is -0.406. The summed E-state index contributed by atoms with van der Waals surface area (Å²) in [6.07, 6.45) is 8.76. The summed E-state index contributed by atoms with van der Waals surface area (Å²) in [5.41, 5.74) is -0.406. The number of rotatable bonds is 5. The van der Waals surface area contributed by atoms with E-state index in [0.717, 1.165) is 0 Å². The molecule has 0 aromatic heterocycles. The van der Waals surface area contributed by atoms with Crippen molar-refractivity contribution in [2.75, 3.05) is 13.7 Å². The Bertz CT molecular complexity index is 264. The van der Waals surface area contributed by atoms with Crippen molar-refractivity contribution in [1.82, 2.24) is 5.32 Å². The lowest BCUT2D eigenvalue weighted by Gasteiger charge is -2.34. The Labute approximate surface area is 98.2 Å². The Hall–Kier alpha value is -0.590. The first-order valence-electron chi connectivity index (χ1n) is 6.48. The Kier molecular flexibility index (Phi) is 3.83. The van der Waals surface area contributed by atoms with Gasteiger partial charge in [-0.3, -0.25) is 5.32 Å². The highest BCUT2D eigenvalue weighted by Crippen LogP contribution is 2.40. The van der Waals surface area contributed by atoms with Gasteiger partial charge in [-0.15, -0.1) is 0 Å². The van der Waals surface area contributed by atoms with Crippen LogP contribution in [-0.2, 0) is 4.74 Å². The second kappa shape index (κ2) is 5.16. The standard InChI is InChI=1S/C13H22N2O/c1-16-10-13(9-14,11-7-8-11)15-12-5-3-2-4-6-12/h11-12,15H,2-8,10H2,1H3. The first kappa shape index (κ1) is 11.9. The van der Waals surface area contributed by atoms with E-state index in [1.165, 1.54) is 44.9 Å². The molecule has 16 heavy (non-hydrogen) atoms. The molecule has 90 valence electrons. The molecule has 2 fully saturated rings. The molecule has 1 unspecified atom stereocenters. The summed E-state index contributed by atoms with van der Waals surface area (Å²) >= 11 is 0. The predicted octanol–water partition coefficient (Wildman–Crippen LogP) is 2.23. The molecule has 2 saturated carbocycles. The highest BCUT2D eigenvalue weighted by molar-refractivity contribution is 5.16. The zero-order valence-corrected chi connectivity index (χ0v) is 10.2. The maximum Gasteiger partial charge on any atom is 0.133 e. The largest absolute Gasteiger partial charge is 0.382 e. The summed E-state index contributed by atoms with van der Waals surface area (Å²) in [5, 5.41) is 13.1. The average Bonchev–Trinajstić information content (AvgIpc) is 3.14. The average molecular weight is 222 g/mol. The zero-order chi connectivity index (χ0) is 11.4. The van der Waals surface area contributed by atoms with Gasteiger partial charge >= 0.3 is 0 Å². The van der Waals surface area contributed by atoms with Crippen LogP contribution in [0, 0.1) is 17.2 Å². The van der Waals surface area contributed by atoms with Crippen LogP contribution in [0.4, 0.5) is 0 Å². The molecular weight excluding hydrogens is 200 g/mol. The van der Waals surface area contributed by atoms with Crippen molar-refractivity contribution in [2.45, 2.75) is 56.5 Å². The molecule has 0 aromatic rings. The number of methoxy groups -OCH3 is 1. The minimum Gasteiger partial charge on any atom is -0.382 e. The van der Waals surface area contributed by atoms with Crippen LogP contribution in [0.3, 0.4) is 0 Å². The Morgan fingerprint density at radius 2 is 1.94 bits per heavy atom. The lowest BCUT2D eigenvalue weighted by molar-refractivity contribution is 0.112. The van der Waals surface area contributed by atoms with Gasteiger partial charge in [0.25, 0.3) is 0 Å². The van der Waals surface area contributed by atoms with Crippen molar-refractivity contribution in [3.63, 3.8) is 0 Å². The van der Waals surface area contributed by atoms with Gasteiger partial charge in [0.05, 0.1) is 12.7 Å². The number of nitrogens with one attached hydrogen (secondary N) is 1. The van der Waals surface area contributed by atoms with E-state index in [4.69, 9.17) is 4.74 Å². The van der Waals surface area contributed by atoms with Crippen LogP contribution in [-0.4, -0.2) is 25.3 Å². The number of nitrogens with zero attached hydrogens (tertiary/aromatic N) is 1. The quantitative estimate of drug-likeness (QED) is 0.776. The second-order valence-electron chi connectivity index (χ2n) is 5.27. The molecule has 0 spiro atoms. The first-order chi connectivity index (χ1) is 7.80. The summed E-state index contributed by atoms with van der Waals surface area (Å²) in [6, 6.07) is 3.02. The maximum absolute atomic E-state index is 9.46. The number of ether oxygens (including phenoxy) is 1. The number of nitriles is 1. The van der Waals surface area contributed by atoms with Gasteiger partial charge in [0.1, 0.15) is 5.54 Å². The molecule has 2 rings (SSSR count). The van der Waals surface area contributed by atoms with Gasteiger partial charge in [-0.1, -0.05) is 19.3 Å². The molecule has 0 bridgehead atoms. The van der Waals surface area contributed by atoms with E-state index < -0.39 is 5.54 Å². The van der Waals surface area contributed by atoms with E-state index >= 15 is 0 Å². The summed E-state index contributed by atoms with van der Waals surface area (Å²) < 4.78 is 5.26. The van der Waals surface area contributed by atoms with Crippen molar-refractivity contribution in [2.24, 2.45) is 5.92 Å². The van der Waals surface area contributed by atoms with Crippen LogP contribution >= 0.6 is 0 Å². The molecule has 3 heteroatoms. The minimum absolute atomic E-state index is 0.406. The molecule has 0 heterocycles. The van der Waals surface area contributed by atoms with Gasteiger partial charge in [-0.25, -0.2) is 0 Å². The number of hydrogen-bond acceptors (Lipinski definition) is 3. The zero-order valence-electron chi connectivity index (χ0n) is 10.2. The van der Waals surface area contributed by atoms with Gasteiger partial charge in [-0.2, -0.15) is 5.26 Å². The second-order valence-corrected chi connectivity index (χ2v) is 5.27. The van der Waals surface area contributed by atoms with Crippen molar-refractivity contribution in [1.29, 1.82) is 5.26 Å². The van der Waals surface area contributed by atoms with Crippen LogP contribution in [0.15, 0.2) is 0 Å². The molecule has 0 radical (unpaired) electrons. The molecule has 1 N–H and O–H groups in total. The molecule has 0 saturated heterocycles. The van der Waals surface area contributed by atoms with Gasteiger partial charge < -0.3 is 4.74 Å². The fraction of sp³-hybridized carbons (Fsp3) is 0.923. The third kappa shape index (κ3) is 2.56. The first-order valence-corrected chi connectivity index (χ1v) is 6.48.